The van der Waals surface area contributed by atoms with E-state index in [9.17, 15) is 0 Å². The lowest BCUT2D eigenvalue weighted by molar-refractivity contribution is -0.0190. The van der Waals surface area contributed by atoms with Crippen molar-refractivity contribution in [3.63, 3.8) is 0 Å². The van der Waals surface area contributed by atoms with Gasteiger partial charge >= 0.3 is 0 Å². The fourth-order valence-corrected chi connectivity index (χ4v) is 4.29. The van der Waals surface area contributed by atoms with E-state index in [2.05, 4.69) is 28.1 Å². The maximum Gasteiger partial charge on any atom is 0.213 e. The zero-order valence-corrected chi connectivity index (χ0v) is 17.7. The van der Waals surface area contributed by atoms with Crippen molar-refractivity contribution >= 4 is 44.8 Å². The van der Waals surface area contributed by atoms with E-state index in [1.54, 1.807) is 0 Å². The van der Waals surface area contributed by atoms with Gasteiger partial charge in [0.25, 0.3) is 0 Å². The Hall–Kier alpha value is -2.01. The molecule has 0 saturated heterocycles. The molecule has 3 aromatic carbocycles. The topological polar surface area (TPSA) is 24.8 Å². The second kappa shape index (κ2) is 7.11. The molecule has 0 aromatic heterocycles. The predicted molar refractivity (Wildman–Crippen MR) is 116 cm³/mol. The summed E-state index contributed by atoms with van der Waals surface area (Å²) < 4.78 is 7.38. The van der Waals surface area contributed by atoms with Crippen LogP contribution in [-0.4, -0.2) is 10.7 Å². The molecule has 0 unspecified atom stereocenters. The summed E-state index contributed by atoms with van der Waals surface area (Å²) in [5, 5.41) is 8.41. The van der Waals surface area contributed by atoms with Crippen LogP contribution in [0.4, 0.5) is 0 Å². The summed E-state index contributed by atoms with van der Waals surface area (Å²) in [4.78, 5) is 0. The standard InChI is InChI=1S/C22H15BrCl2N2O/c23-15-5-1-14(2-6-15)22-27-20(18-11-17(25)9-10-21(18)28-22)12-19(26-27)13-3-7-16(24)8-4-13/h1-11,20,22H,12H2/t20-,22+/m1/s1. The number of hydrogen-bond donors (Lipinski definition) is 0. The zero-order chi connectivity index (χ0) is 19.3. The molecule has 2 atom stereocenters. The number of benzene rings is 3. The summed E-state index contributed by atoms with van der Waals surface area (Å²) in [5.41, 5.74) is 4.20. The maximum atomic E-state index is 6.35. The summed E-state index contributed by atoms with van der Waals surface area (Å²) in [6.07, 6.45) is 0.488. The molecule has 0 amide bonds. The van der Waals surface area contributed by atoms with Crippen molar-refractivity contribution in [3.8, 4) is 5.75 Å². The third-order valence-electron chi connectivity index (χ3n) is 5.08. The molecule has 2 heterocycles. The molecule has 0 saturated carbocycles. The first-order valence-corrected chi connectivity index (χ1v) is 10.5. The van der Waals surface area contributed by atoms with Gasteiger partial charge < -0.3 is 4.74 Å². The maximum absolute atomic E-state index is 6.35. The number of fused-ring (bicyclic) bond motifs is 3. The summed E-state index contributed by atoms with van der Waals surface area (Å²) in [6, 6.07) is 21.8. The minimum atomic E-state index is -0.295. The first-order chi connectivity index (χ1) is 13.6. The third-order valence-corrected chi connectivity index (χ3v) is 6.10. The van der Waals surface area contributed by atoms with Gasteiger partial charge in [0.2, 0.25) is 6.23 Å². The highest BCUT2D eigenvalue weighted by Crippen LogP contribution is 2.48. The summed E-state index contributed by atoms with van der Waals surface area (Å²) in [7, 11) is 0. The highest BCUT2D eigenvalue weighted by atomic mass is 79.9. The SMILES string of the molecule is Clc1ccc(C2=NN3[C@H](C2)c2cc(Cl)ccc2O[C@H]3c2ccc(Br)cc2)cc1. The van der Waals surface area contributed by atoms with E-state index >= 15 is 0 Å². The molecule has 0 bridgehead atoms. The Bertz CT molecular complexity index is 1070. The van der Waals surface area contributed by atoms with Crippen LogP contribution in [0.1, 0.15) is 35.4 Å². The second-order valence-electron chi connectivity index (χ2n) is 6.86. The highest BCUT2D eigenvalue weighted by Gasteiger charge is 2.41. The van der Waals surface area contributed by atoms with Gasteiger partial charge in [-0.05, 0) is 48.0 Å². The summed E-state index contributed by atoms with van der Waals surface area (Å²) in [5.74, 6) is 0.853. The third kappa shape index (κ3) is 3.20. The largest absolute Gasteiger partial charge is 0.464 e. The Kier molecular flexibility index (Phi) is 4.58. The van der Waals surface area contributed by atoms with Gasteiger partial charge in [-0.25, -0.2) is 5.01 Å². The molecule has 28 heavy (non-hydrogen) atoms. The van der Waals surface area contributed by atoms with E-state index in [1.165, 1.54) is 0 Å². The van der Waals surface area contributed by atoms with Crippen molar-refractivity contribution in [2.24, 2.45) is 5.10 Å². The van der Waals surface area contributed by atoms with Crippen LogP contribution in [-0.2, 0) is 0 Å². The van der Waals surface area contributed by atoms with E-state index in [0.717, 1.165) is 39.0 Å². The molecule has 0 N–H and O–H groups in total. The van der Waals surface area contributed by atoms with Crippen LogP contribution in [0.3, 0.4) is 0 Å². The van der Waals surface area contributed by atoms with Gasteiger partial charge in [-0.1, -0.05) is 63.4 Å². The van der Waals surface area contributed by atoms with Gasteiger partial charge in [-0.3, -0.25) is 0 Å². The molecule has 3 nitrogen and oxygen atoms in total. The fraction of sp³-hybridized carbons (Fsp3) is 0.136. The van der Waals surface area contributed by atoms with Crippen molar-refractivity contribution in [1.29, 1.82) is 0 Å². The Morgan fingerprint density at radius 1 is 0.929 bits per heavy atom. The van der Waals surface area contributed by atoms with Crippen LogP contribution in [0.5, 0.6) is 5.75 Å². The molecule has 0 fully saturated rings. The first kappa shape index (κ1) is 18.0. The van der Waals surface area contributed by atoms with Crippen molar-refractivity contribution in [3.05, 3.63) is 97.9 Å². The molecule has 5 rings (SSSR count). The Morgan fingerprint density at radius 2 is 1.64 bits per heavy atom. The van der Waals surface area contributed by atoms with E-state index in [0.29, 0.717) is 10.0 Å². The van der Waals surface area contributed by atoms with Crippen LogP contribution in [0.15, 0.2) is 76.3 Å². The monoisotopic (exact) mass is 472 g/mol. The van der Waals surface area contributed by atoms with Gasteiger partial charge in [0, 0.05) is 32.1 Å². The quantitative estimate of drug-likeness (QED) is 0.400. The number of nitrogens with zero attached hydrogens (tertiary/aromatic N) is 2. The van der Waals surface area contributed by atoms with Gasteiger partial charge in [-0.15, -0.1) is 0 Å². The molecule has 6 heteroatoms. The number of hydrazone groups is 1. The van der Waals surface area contributed by atoms with Gasteiger partial charge in [0.1, 0.15) is 5.75 Å². The average Bonchev–Trinajstić information content (AvgIpc) is 3.14. The molecule has 0 aliphatic carbocycles. The van der Waals surface area contributed by atoms with Crippen molar-refractivity contribution in [2.75, 3.05) is 0 Å². The first-order valence-electron chi connectivity index (χ1n) is 8.92. The van der Waals surface area contributed by atoms with Crippen LogP contribution in [0.2, 0.25) is 10.0 Å². The smallest absolute Gasteiger partial charge is 0.213 e. The molecule has 0 radical (unpaired) electrons. The number of rotatable bonds is 2. The predicted octanol–water partition coefficient (Wildman–Crippen LogP) is 7.00. The molecular formula is C22H15BrCl2N2O. The van der Waals surface area contributed by atoms with Crippen LogP contribution in [0, 0.1) is 0 Å². The second-order valence-corrected chi connectivity index (χ2v) is 8.65. The van der Waals surface area contributed by atoms with Crippen molar-refractivity contribution < 1.29 is 4.74 Å². The van der Waals surface area contributed by atoms with E-state index < -0.39 is 0 Å². The zero-order valence-electron chi connectivity index (χ0n) is 14.6. The lowest BCUT2D eigenvalue weighted by Crippen LogP contribution is -2.33. The van der Waals surface area contributed by atoms with Crippen LogP contribution < -0.4 is 4.74 Å². The van der Waals surface area contributed by atoms with E-state index in [1.807, 2.05) is 59.6 Å². The molecule has 2 aliphatic rings. The molecule has 140 valence electrons. The van der Waals surface area contributed by atoms with Crippen LogP contribution in [0.25, 0.3) is 0 Å². The molecule has 3 aromatic rings. The van der Waals surface area contributed by atoms with Crippen molar-refractivity contribution in [1.82, 2.24) is 5.01 Å². The minimum Gasteiger partial charge on any atom is -0.464 e. The van der Waals surface area contributed by atoms with E-state index in [-0.39, 0.29) is 12.3 Å². The number of halogens is 3. The number of hydrogen-bond acceptors (Lipinski definition) is 3. The Balaban J connectivity index is 1.59. The van der Waals surface area contributed by atoms with Crippen LogP contribution >= 0.6 is 39.1 Å². The lowest BCUT2D eigenvalue weighted by atomic mass is 9.96. The van der Waals surface area contributed by atoms with Gasteiger partial charge in [-0.2, -0.15) is 5.10 Å². The Labute approximate surface area is 181 Å². The molecule has 2 aliphatic heterocycles. The normalized spacial score (nSPS) is 20.2. The highest BCUT2D eigenvalue weighted by molar-refractivity contribution is 9.10. The van der Waals surface area contributed by atoms with E-state index in [4.69, 9.17) is 33.0 Å². The Morgan fingerprint density at radius 3 is 2.39 bits per heavy atom. The van der Waals surface area contributed by atoms with Gasteiger partial charge in [0.15, 0.2) is 0 Å². The molecule has 0 spiro atoms. The molecular weight excluding hydrogens is 459 g/mol. The number of ether oxygens (including phenoxy) is 1. The van der Waals surface area contributed by atoms with Gasteiger partial charge in [0.05, 0.1) is 11.8 Å². The minimum absolute atomic E-state index is 0.0711. The summed E-state index contributed by atoms with van der Waals surface area (Å²) >= 11 is 15.8. The van der Waals surface area contributed by atoms with Crippen molar-refractivity contribution in [2.45, 2.75) is 18.7 Å². The fourth-order valence-electron chi connectivity index (χ4n) is 3.72. The summed E-state index contributed by atoms with van der Waals surface area (Å²) in [6.45, 7) is 0. The lowest BCUT2D eigenvalue weighted by Gasteiger charge is -2.38. The average molecular weight is 474 g/mol.